The van der Waals surface area contributed by atoms with Crippen molar-refractivity contribution in [3.63, 3.8) is 0 Å². The van der Waals surface area contributed by atoms with Crippen molar-refractivity contribution < 1.29 is 13.7 Å². The van der Waals surface area contributed by atoms with Crippen LogP contribution >= 0.6 is 0 Å². The topological polar surface area (TPSA) is 136 Å². The van der Waals surface area contributed by atoms with Gasteiger partial charge >= 0.3 is 0 Å². The SMILES string of the molecule is C=N/C(=C\C=N/COCC)Nc1c(C=O)c(-c2ccc(NS(=O)CC)cc2)nn1C(C)(C)C.CN. The molecule has 0 radical (unpaired) electrons. The Morgan fingerprint density at radius 3 is 2.43 bits per heavy atom. The fourth-order valence-electron chi connectivity index (χ4n) is 2.83. The van der Waals surface area contributed by atoms with E-state index in [9.17, 15) is 9.00 Å². The second-order valence-electron chi connectivity index (χ2n) is 7.91. The summed E-state index contributed by atoms with van der Waals surface area (Å²) in [5, 5.41) is 7.90. The van der Waals surface area contributed by atoms with Crippen molar-refractivity contribution in [2.45, 2.75) is 40.2 Å². The largest absolute Gasteiger partial charge is 0.360 e. The lowest BCUT2D eigenvalue weighted by Crippen LogP contribution is -2.25. The number of hydrogen-bond acceptors (Lipinski definition) is 8. The highest BCUT2D eigenvalue weighted by Crippen LogP contribution is 2.33. The van der Waals surface area contributed by atoms with Gasteiger partial charge in [0.1, 0.15) is 35.0 Å². The number of ether oxygens (including phenoxy) is 1. The summed E-state index contributed by atoms with van der Waals surface area (Å²) in [4.78, 5) is 20.3. The maximum atomic E-state index is 12.2. The summed E-state index contributed by atoms with van der Waals surface area (Å²) in [6.07, 6.45) is 3.99. The minimum absolute atomic E-state index is 0.248. The van der Waals surface area contributed by atoms with Gasteiger partial charge in [-0.2, -0.15) is 5.10 Å². The molecule has 1 heterocycles. The number of allylic oxidation sites excluding steroid dienone is 1. The maximum absolute atomic E-state index is 12.2. The number of aromatic nitrogens is 2. The average molecular weight is 504 g/mol. The summed E-state index contributed by atoms with van der Waals surface area (Å²) in [6.45, 7) is 14.1. The van der Waals surface area contributed by atoms with Crippen LogP contribution in [0.25, 0.3) is 11.3 Å². The van der Waals surface area contributed by atoms with Crippen LogP contribution in [0.15, 0.2) is 46.1 Å². The van der Waals surface area contributed by atoms with Gasteiger partial charge in [-0.1, -0.05) is 19.1 Å². The number of anilines is 2. The Morgan fingerprint density at radius 2 is 1.91 bits per heavy atom. The summed E-state index contributed by atoms with van der Waals surface area (Å²) in [7, 11) is 0.364. The normalized spacial score (nSPS) is 12.6. The second kappa shape index (κ2) is 15.0. The molecule has 0 saturated heterocycles. The fraction of sp³-hybridized carbons (Fsp3) is 0.417. The van der Waals surface area contributed by atoms with E-state index in [-0.39, 0.29) is 6.73 Å². The molecule has 11 heteroatoms. The van der Waals surface area contributed by atoms with E-state index in [4.69, 9.17) is 9.84 Å². The van der Waals surface area contributed by atoms with Crippen LogP contribution in [0.4, 0.5) is 11.5 Å². The molecule has 192 valence electrons. The second-order valence-corrected chi connectivity index (χ2v) is 9.39. The molecule has 1 unspecified atom stereocenters. The summed E-state index contributed by atoms with van der Waals surface area (Å²) >= 11 is 0. The molecule has 1 aromatic carbocycles. The van der Waals surface area contributed by atoms with Crippen LogP contribution in [0, 0.1) is 0 Å². The molecule has 1 aromatic heterocycles. The summed E-state index contributed by atoms with van der Waals surface area (Å²) < 4.78 is 21.6. The van der Waals surface area contributed by atoms with Crippen molar-refractivity contribution >= 4 is 41.7 Å². The van der Waals surface area contributed by atoms with Gasteiger partial charge in [0.15, 0.2) is 6.29 Å². The zero-order valence-corrected chi connectivity index (χ0v) is 22.2. The lowest BCUT2D eigenvalue weighted by molar-refractivity contribution is 0.112. The molecule has 0 fully saturated rings. The predicted octanol–water partition coefficient (Wildman–Crippen LogP) is 3.81. The molecule has 0 bridgehead atoms. The Morgan fingerprint density at radius 1 is 1.26 bits per heavy atom. The molecule has 0 amide bonds. The quantitative estimate of drug-likeness (QED) is 0.229. The van der Waals surface area contributed by atoms with E-state index in [1.165, 1.54) is 7.05 Å². The molecule has 0 aliphatic carbocycles. The summed E-state index contributed by atoms with van der Waals surface area (Å²) in [6, 6.07) is 7.30. The van der Waals surface area contributed by atoms with Gasteiger partial charge in [-0.05, 0) is 59.7 Å². The number of carbonyl (C=O) groups is 1. The number of nitrogens with one attached hydrogen (secondary N) is 2. The Bertz CT molecular complexity index is 1040. The molecule has 2 aromatic rings. The average Bonchev–Trinajstić information content (AvgIpc) is 3.23. The van der Waals surface area contributed by atoms with Crippen LogP contribution in [0.5, 0.6) is 0 Å². The Hall–Kier alpha value is -3.15. The minimum Gasteiger partial charge on any atom is -0.360 e. The van der Waals surface area contributed by atoms with E-state index in [0.29, 0.717) is 35.3 Å². The number of carbonyl (C=O) groups excluding carboxylic acids is 1. The highest BCUT2D eigenvalue weighted by Gasteiger charge is 2.26. The standard InChI is InChI=1S/C23H32N6O3S.CH5N/c1-7-32-16-25-14-13-20(24-6)26-22-19(15-30)21(27-29(22)23(3,4)5)17-9-11-18(12-10-17)28-33(31)8-2;1-2/h9-15,26,28H,6-8,16H2,1-5H3;2H2,1H3/b20-13+,25-14-;. The van der Waals surface area contributed by atoms with Gasteiger partial charge in [0.2, 0.25) is 0 Å². The monoisotopic (exact) mass is 503 g/mol. The lowest BCUT2D eigenvalue weighted by Gasteiger charge is -2.23. The minimum atomic E-state index is -1.14. The first kappa shape index (κ1) is 29.9. The number of aldehydes is 1. The number of nitrogens with two attached hydrogens (primary N) is 1. The van der Waals surface area contributed by atoms with Crippen LogP contribution in [0.2, 0.25) is 0 Å². The molecule has 4 N–H and O–H groups in total. The molecule has 0 aliphatic heterocycles. The van der Waals surface area contributed by atoms with Crippen LogP contribution in [0.1, 0.15) is 45.0 Å². The molecule has 35 heavy (non-hydrogen) atoms. The van der Waals surface area contributed by atoms with E-state index in [2.05, 4.69) is 32.5 Å². The maximum Gasteiger partial charge on any atom is 0.156 e. The highest BCUT2D eigenvalue weighted by atomic mass is 32.2. The van der Waals surface area contributed by atoms with Crippen molar-refractivity contribution in [1.82, 2.24) is 9.78 Å². The van der Waals surface area contributed by atoms with Gasteiger partial charge < -0.3 is 20.5 Å². The Balaban J connectivity index is 0.00000298. The number of benzene rings is 1. The third-order valence-corrected chi connectivity index (χ3v) is 5.44. The van der Waals surface area contributed by atoms with Gasteiger partial charge in [0.05, 0.1) is 11.1 Å². The molecule has 0 aliphatic rings. The van der Waals surface area contributed by atoms with E-state index in [1.807, 2.05) is 58.9 Å². The molecular formula is C24H37N7O3S. The van der Waals surface area contributed by atoms with Gasteiger partial charge in [0.25, 0.3) is 0 Å². The van der Waals surface area contributed by atoms with Crippen molar-refractivity contribution in [1.29, 1.82) is 0 Å². The smallest absolute Gasteiger partial charge is 0.156 e. The van der Waals surface area contributed by atoms with Gasteiger partial charge in [0, 0.05) is 29.8 Å². The van der Waals surface area contributed by atoms with E-state index < -0.39 is 16.5 Å². The predicted molar refractivity (Wildman–Crippen MR) is 147 cm³/mol. The van der Waals surface area contributed by atoms with Crippen LogP contribution in [-0.2, 0) is 21.3 Å². The summed E-state index contributed by atoms with van der Waals surface area (Å²) in [5.41, 5.74) is 6.48. The van der Waals surface area contributed by atoms with Crippen molar-refractivity contribution in [3.05, 3.63) is 41.7 Å². The van der Waals surface area contributed by atoms with Crippen LogP contribution < -0.4 is 15.8 Å². The number of rotatable bonds is 12. The zero-order valence-electron chi connectivity index (χ0n) is 21.4. The Kier molecular flexibility index (Phi) is 12.8. The molecular weight excluding hydrogens is 466 g/mol. The van der Waals surface area contributed by atoms with Crippen molar-refractivity contribution in [3.8, 4) is 11.3 Å². The van der Waals surface area contributed by atoms with E-state index in [1.54, 1.807) is 17.0 Å². The fourth-order valence-corrected chi connectivity index (χ4v) is 3.37. The zero-order chi connectivity index (χ0) is 26.4. The van der Waals surface area contributed by atoms with E-state index >= 15 is 0 Å². The third kappa shape index (κ3) is 8.85. The van der Waals surface area contributed by atoms with Crippen LogP contribution in [-0.4, -0.2) is 59.3 Å². The first-order valence-corrected chi connectivity index (χ1v) is 12.5. The van der Waals surface area contributed by atoms with Crippen molar-refractivity contribution in [2.75, 3.05) is 36.2 Å². The first-order chi connectivity index (χ1) is 16.7. The lowest BCUT2D eigenvalue weighted by atomic mass is 10.1. The first-order valence-electron chi connectivity index (χ1n) is 11.2. The molecule has 1 atom stereocenters. The Labute approximate surface area is 210 Å². The van der Waals surface area contributed by atoms with Gasteiger partial charge in [-0.3, -0.25) is 9.79 Å². The number of aliphatic imine (C=N–C) groups is 2. The van der Waals surface area contributed by atoms with E-state index in [0.717, 1.165) is 17.5 Å². The van der Waals surface area contributed by atoms with Gasteiger partial charge in [-0.25, -0.2) is 13.9 Å². The number of hydrogen-bond donors (Lipinski definition) is 3. The molecule has 2 rings (SSSR count). The molecule has 0 spiro atoms. The van der Waals surface area contributed by atoms with Crippen molar-refractivity contribution in [2.24, 2.45) is 15.7 Å². The van der Waals surface area contributed by atoms with Gasteiger partial charge in [-0.15, -0.1) is 0 Å². The molecule has 0 saturated carbocycles. The molecule has 10 nitrogen and oxygen atoms in total. The highest BCUT2D eigenvalue weighted by molar-refractivity contribution is 7.86. The summed E-state index contributed by atoms with van der Waals surface area (Å²) in [5.74, 6) is 1.42. The number of nitrogens with zero attached hydrogens (tertiary/aromatic N) is 4. The van der Waals surface area contributed by atoms with Crippen LogP contribution in [0.3, 0.4) is 0 Å². The third-order valence-electron chi connectivity index (χ3n) is 4.45.